The highest BCUT2D eigenvalue weighted by Crippen LogP contribution is 2.25. The Morgan fingerprint density at radius 3 is 2.27 bits per heavy atom. The predicted octanol–water partition coefficient (Wildman–Crippen LogP) is -0.150. The lowest BCUT2D eigenvalue weighted by atomic mass is 10.3. The molecule has 0 radical (unpaired) electrons. The number of hydrogen-bond donors (Lipinski definition) is 3. The smallest absolute Gasteiger partial charge is 0.265 e. The first-order valence-electron chi connectivity index (χ1n) is 11.3. The Labute approximate surface area is 197 Å². The highest BCUT2D eigenvalue weighted by atomic mass is 32.1. The lowest BCUT2D eigenvalue weighted by molar-refractivity contribution is 0.0619. The third-order valence-electron chi connectivity index (χ3n) is 5.96. The van der Waals surface area contributed by atoms with Gasteiger partial charge in [-0.05, 0) is 6.92 Å². The average molecular weight is 477 g/mol. The molecule has 0 spiro atoms. The van der Waals surface area contributed by atoms with Gasteiger partial charge in [-0.1, -0.05) is 11.3 Å². The Morgan fingerprint density at radius 2 is 1.64 bits per heavy atom. The second-order valence-corrected chi connectivity index (χ2v) is 9.25. The van der Waals surface area contributed by atoms with Crippen LogP contribution in [0.25, 0.3) is 0 Å². The number of nitrogens with one attached hydrogen (secondary N) is 1. The van der Waals surface area contributed by atoms with E-state index in [0.717, 1.165) is 45.1 Å². The van der Waals surface area contributed by atoms with Gasteiger partial charge in [-0.15, -0.1) is 0 Å². The molecule has 0 unspecified atom stereocenters. The Hall–Kier alpha value is -2.38. The van der Waals surface area contributed by atoms with Crippen molar-refractivity contribution in [2.45, 2.75) is 6.92 Å². The van der Waals surface area contributed by atoms with E-state index in [1.165, 1.54) is 11.3 Å². The average Bonchev–Trinajstić information content (AvgIpc) is 3.28. The van der Waals surface area contributed by atoms with Crippen LogP contribution >= 0.6 is 11.3 Å². The van der Waals surface area contributed by atoms with Crippen molar-refractivity contribution in [2.75, 3.05) is 88.9 Å². The summed E-state index contributed by atoms with van der Waals surface area (Å²) >= 11 is 1.32. The van der Waals surface area contributed by atoms with Gasteiger partial charge in [-0.3, -0.25) is 14.6 Å². The van der Waals surface area contributed by atoms with Gasteiger partial charge in [-0.2, -0.15) is 0 Å². The van der Waals surface area contributed by atoms with Gasteiger partial charge in [0.2, 0.25) is 0 Å². The maximum Gasteiger partial charge on any atom is 0.265 e. The van der Waals surface area contributed by atoms with Crippen molar-refractivity contribution >= 4 is 34.0 Å². The molecule has 0 aromatic carbocycles. The standard InChI is InChI=1S/C21H32N8O3S/c1-16-23-18(14-19(24-16)28-6-2-26(3-7-28)10-12-30)25-21-22-15-17(33-21)20(32)29-8-4-27(5-9-29)11-13-31/h14-15,30-31H,2-13H2,1H3,(H,22,23,24,25). The SMILES string of the molecule is Cc1nc(Nc2ncc(C(=O)N3CCN(CCO)CC3)s2)cc(N2CCN(CCO)CC2)n1. The highest BCUT2D eigenvalue weighted by molar-refractivity contribution is 7.17. The molecule has 0 atom stereocenters. The van der Waals surface area contributed by atoms with E-state index in [4.69, 9.17) is 10.2 Å². The number of carbonyl (C=O) groups is 1. The summed E-state index contributed by atoms with van der Waals surface area (Å²) in [7, 11) is 0. The number of aryl methyl sites for hydroxylation is 1. The number of anilines is 3. The molecule has 2 saturated heterocycles. The molecular weight excluding hydrogens is 444 g/mol. The number of nitrogens with zero attached hydrogens (tertiary/aromatic N) is 7. The van der Waals surface area contributed by atoms with Gasteiger partial charge < -0.3 is 25.3 Å². The molecule has 3 N–H and O–H groups in total. The molecule has 2 aliphatic heterocycles. The van der Waals surface area contributed by atoms with Gasteiger partial charge in [0.25, 0.3) is 5.91 Å². The van der Waals surface area contributed by atoms with Crippen molar-refractivity contribution in [3.63, 3.8) is 0 Å². The van der Waals surface area contributed by atoms with Crippen LogP contribution in [0.2, 0.25) is 0 Å². The van der Waals surface area contributed by atoms with Crippen LogP contribution in [0.5, 0.6) is 0 Å². The summed E-state index contributed by atoms with van der Waals surface area (Å²) in [6.07, 6.45) is 1.62. The van der Waals surface area contributed by atoms with Gasteiger partial charge in [0, 0.05) is 71.5 Å². The molecule has 2 aromatic heterocycles. The second kappa shape index (κ2) is 11.2. The number of aliphatic hydroxyl groups is 2. The summed E-state index contributed by atoms with van der Waals surface area (Å²) in [6, 6.07) is 1.91. The van der Waals surface area contributed by atoms with Crippen molar-refractivity contribution in [2.24, 2.45) is 0 Å². The van der Waals surface area contributed by atoms with Crippen molar-refractivity contribution in [1.82, 2.24) is 29.7 Å². The zero-order valence-corrected chi connectivity index (χ0v) is 19.8. The second-order valence-electron chi connectivity index (χ2n) is 8.22. The molecule has 1 amide bonds. The van der Waals surface area contributed by atoms with Crippen LogP contribution in [0.1, 0.15) is 15.5 Å². The van der Waals surface area contributed by atoms with Gasteiger partial charge in [0.15, 0.2) is 5.13 Å². The van der Waals surface area contributed by atoms with Gasteiger partial charge in [-0.25, -0.2) is 15.0 Å². The highest BCUT2D eigenvalue weighted by Gasteiger charge is 2.24. The number of thiazole rings is 1. The number of rotatable bonds is 8. The number of aliphatic hydroxyl groups excluding tert-OH is 2. The summed E-state index contributed by atoms with van der Waals surface area (Å²) in [5.41, 5.74) is 0. The number of hydrogen-bond acceptors (Lipinski definition) is 11. The topological polar surface area (TPSA) is 121 Å². The van der Waals surface area contributed by atoms with E-state index < -0.39 is 0 Å². The van der Waals surface area contributed by atoms with Crippen molar-refractivity contribution in [3.8, 4) is 0 Å². The zero-order valence-electron chi connectivity index (χ0n) is 19.0. The van der Waals surface area contributed by atoms with Gasteiger partial charge >= 0.3 is 0 Å². The molecule has 0 saturated carbocycles. The summed E-state index contributed by atoms with van der Waals surface area (Å²) in [6.45, 7) is 9.85. The van der Waals surface area contributed by atoms with Crippen LogP contribution in [0, 0.1) is 6.92 Å². The Morgan fingerprint density at radius 1 is 1.00 bits per heavy atom. The number of carbonyl (C=O) groups excluding carboxylic acids is 1. The monoisotopic (exact) mass is 476 g/mol. The van der Waals surface area contributed by atoms with E-state index in [9.17, 15) is 4.79 Å². The first kappa shape index (κ1) is 23.8. The molecule has 2 aromatic rings. The molecule has 11 nitrogen and oxygen atoms in total. The summed E-state index contributed by atoms with van der Waals surface area (Å²) < 4.78 is 0. The first-order valence-corrected chi connectivity index (χ1v) is 12.2. The minimum atomic E-state index is -0.00972. The largest absolute Gasteiger partial charge is 0.395 e. The molecule has 12 heteroatoms. The van der Waals surface area contributed by atoms with E-state index in [1.807, 2.05) is 17.9 Å². The molecule has 180 valence electrons. The van der Waals surface area contributed by atoms with Gasteiger partial charge in [0.1, 0.15) is 22.3 Å². The van der Waals surface area contributed by atoms with E-state index in [2.05, 4.69) is 35.0 Å². The number of β-amino-alcohol motifs (C(OH)–C–C–N with tert-alkyl or cyclic N) is 2. The molecule has 0 bridgehead atoms. The van der Waals surface area contributed by atoms with Crippen LogP contribution in [-0.4, -0.2) is 124 Å². The fourth-order valence-corrected chi connectivity index (χ4v) is 4.92. The third-order valence-corrected chi connectivity index (χ3v) is 6.86. The lowest BCUT2D eigenvalue weighted by Crippen LogP contribution is -2.49. The Bertz CT molecular complexity index is 926. The Kier molecular flexibility index (Phi) is 8.04. The maximum absolute atomic E-state index is 12.9. The van der Waals surface area contributed by atoms with Crippen LogP contribution in [0.15, 0.2) is 12.3 Å². The van der Waals surface area contributed by atoms with Gasteiger partial charge in [0.05, 0.1) is 19.4 Å². The minimum Gasteiger partial charge on any atom is -0.395 e. The van der Waals surface area contributed by atoms with Crippen LogP contribution in [0.3, 0.4) is 0 Å². The predicted molar refractivity (Wildman–Crippen MR) is 127 cm³/mol. The molecule has 4 heterocycles. The summed E-state index contributed by atoms with van der Waals surface area (Å²) in [4.78, 5) is 35.4. The summed E-state index contributed by atoms with van der Waals surface area (Å²) in [5.74, 6) is 2.18. The summed E-state index contributed by atoms with van der Waals surface area (Å²) in [5, 5.41) is 22.1. The number of aromatic nitrogens is 3. The van der Waals surface area contributed by atoms with E-state index in [-0.39, 0.29) is 19.1 Å². The van der Waals surface area contributed by atoms with Crippen LogP contribution in [0.4, 0.5) is 16.8 Å². The van der Waals surface area contributed by atoms with Crippen molar-refractivity contribution < 1.29 is 15.0 Å². The Balaban J connectivity index is 1.37. The lowest BCUT2D eigenvalue weighted by Gasteiger charge is -2.35. The van der Waals surface area contributed by atoms with Crippen LogP contribution < -0.4 is 10.2 Å². The van der Waals surface area contributed by atoms with E-state index in [0.29, 0.717) is 47.8 Å². The number of amides is 1. The fourth-order valence-electron chi connectivity index (χ4n) is 4.13. The quantitative estimate of drug-likeness (QED) is 0.474. The van der Waals surface area contributed by atoms with Crippen molar-refractivity contribution in [1.29, 1.82) is 0 Å². The number of piperazine rings is 2. The molecule has 2 fully saturated rings. The molecular formula is C21H32N8O3S. The van der Waals surface area contributed by atoms with Crippen LogP contribution in [-0.2, 0) is 0 Å². The maximum atomic E-state index is 12.9. The first-order chi connectivity index (χ1) is 16.1. The normalized spacial score (nSPS) is 18.0. The van der Waals surface area contributed by atoms with E-state index >= 15 is 0 Å². The molecule has 33 heavy (non-hydrogen) atoms. The third kappa shape index (κ3) is 6.15. The van der Waals surface area contributed by atoms with Crippen molar-refractivity contribution in [3.05, 3.63) is 23.0 Å². The molecule has 0 aliphatic carbocycles. The fraction of sp³-hybridized carbons (Fsp3) is 0.619. The van der Waals surface area contributed by atoms with E-state index in [1.54, 1.807) is 6.20 Å². The molecule has 4 rings (SSSR count). The molecule has 2 aliphatic rings. The zero-order chi connectivity index (χ0) is 23.2. The minimum absolute atomic E-state index is 0.00972.